The van der Waals surface area contributed by atoms with Crippen molar-refractivity contribution in [3.05, 3.63) is 108 Å². The van der Waals surface area contributed by atoms with Crippen molar-refractivity contribution >= 4 is 18.2 Å². The van der Waals surface area contributed by atoms with Crippen LogP contribution in [0, 0.1) is 5.41 Å². The second-order valence-corrected chi connectivity index (χ2v) is 8.00. The van der Waals surface area contributed by atoms with Crippen molar-refractivity contribution in [3.63, 3.8) is 0 Å². The van der Waals surface area contributed by atoms with E-state index >= 15 is 0 Å². The lowest BCUT2D eigenvalue weighted by atomic mass is 9.67. The lowest BCUT2D eigenvalue weighted by molar-refractivity contribution is 0.0349. The quantitative estimate of drug-likeness (QED) is 0.431. The molecule has 0 unspecified atom stereocenters. The molecule has 3 heteroatoms. The minimum absolute atomic E-state index is 0.0257. The lowest BCUT2D eigenvalue weighted by Gasteiger charge is -2.34. The van der Waals surface area contributed by atoms with E-state index in [-0.39, 0.29) is 5.41 Å². The molecule has 0 aromatic heterocycles. The third kappa shape index (κ3) is 4.11. The fraction of sp³-hybridized carbons (Fsp3) is 0.200. The van der Waals surface area contributed by atoms with E-state index in [1.165, 1.54) is 0 Å². The normalized spacial score (nSPS) is 15.9. The lowest BCUT2D eigenvalue weighted by Crippen LogP contribution is -2.41. The second-order valence-electron chi connectivity index (χ2n) is 8.00. The van der Waals surface area contributed by atoms with Gasteiger partial charge in [-0.05, 0) is 27.7 Å². The summed E-state index contributed by atoms with van der Waals surface area (Å²) in [4.78, 5) is 0. The largest absolute Gasteiger partial charge is 0.495 e. The van der Waals surface area contributed by atoms with Gasteiger partial charge in [0.05, 0.1) is 0 Å². The van der Waals surface area contributed by atoms with Gasteiger partial charge in [0, 0.05) is 18.6 Å². The molecule has 3 aromatic carbocycles. The van der Waals surface area contributed by atoms with Gasteiger partial charge in [-0.15, -0.1) is 0 Å². The molecule has 0 N–H and O–H groups in total. The Balaban J connectivity index is 1.93. The first kappa shape index (κ1) is 18.7. The predicted molar refractivity (Wildman–Crippen MR) is 117 cm³/mol. The first-order chi connectivity index (χ1) is 13.6. The number of hydrogen-bond donors (Lipinski definition) is 0. The Hall–Kier alpha value is -2.62. The van der Waals surface area contributed by atoms with Crippen LogP contribution in [0.25, 0.3) is 11.0 Å². The summed E-state index contributed by atoms with van der Waals surface area (Å²) in [5.41, 5.74) is 5.69. The van der Waals surface area contributed by atoms with E-state index in [4.69, 9.17) is 9.31 Å². The van der Waals surface area contributed by atoms with Crippen molar-refractivity contribution in [3.8, 4) is 0 Å². The van der Waals surface area contributed by atoms with Gasteiger partial charge in [-0.25, -0.2) is 0 Å². The smallest absolute Gasteiger partial charge is 0.407 e. The summed E-state index contributed by atoms with van der Waals surface area (Å²) in [6, 6.07) is 31.4. The van der Waals surface area contributed by atoms with Crippen molar-refractivity contribution < 1.29 is 9.31 Å². The summed E-state index contributed by atoms with van der Waals surface area (Å²) >= 11 is 0. The molecule has 2 nitrogen and oxygen atoms in total. The summed E-state index contributed by atoms with van der Waals surface area (Å²) in [5, 5.41) is 0. The molecule has 140 valence electrons. The molecule has 1 fully saturated rings. The topological polar surface area (TPSA) is 18.5 Å². The van der Waals surface area contributed by atoms with Crippen LogP contribution in [0.4, 0.5) is 0 Å². The van der Waals surface area contributed by atoms with E-state index in [2.05, 4.69) is 86.6 Å². The molecule has 0 amide bonds. The van der Waals surface area contributed by atoms with Crippen LogP contribution in [0.3, 0.4) is 0 Å². The molecule has 0 radical (unpaired) electrons. The summed E-state index contributed by atoms with van der Waals surface area (Å²) < 4.78 is 12.5. The molecule has 0 aliphatic carbocycles. The molecule has 4 rings (SSSR count). The average molecular weight is 368 g/mol. The third-order valence-corrected chi connectivity index (χ3v) is 4.97. The molecule has 0 saturated carbocycles. The van der Waals surface area contributed by atoms with Crippen molar-refractivity contribution in [2.45, 2.75) is 13.8 Å². The van der Waals surface area contributed by atoms with Gasteiger partial charge in [0.15, 0.2) is 0 Å². The Morgan fingerprint density at radius 2 is 1.04 bits per heavy atom. The highest BCUT2D eigenvalue weighted by Gasteiger charge is 2.37. The highest BCUT2D eigenvalue weighted by Crippen LogP contribution is 2.36. The molecule has 28 heavy (non-hydrogen) atoms. The van der Waals surface area contributed by atoms with Crippen LogP contribution >= 0.6 is 0 Å². The molecule has 1 heterocycles. The van der Waals surface area contributed by atoms with Gasteiger partial charge in [0.1, 0.15) is 0 Å². The maximum atomic E-state index is 6.25. The van der Waals surface area contributed by atoms with Crippen LogP contribution in [0.1, 0.15) is 30.5 Å². The SMILES string of the molecule is CC1(C)COB(C(=C(c2ccccc2)c2ccccc2)c2ccccc2)OC1. The first-order valence-corrected chi connectivity index (χ1v) is 9.78. The molecule has 1 aliphatic heterocycles. The first-order valence-electron chi connectivity index (χ1n) is 9.78. The standard InChI is InChI=1S/C25H25BO2/c1-25(2)18-27-26(28-19-25)24(22-16-10-5-11-17-22)23(20-12-6-3-7-13-20)21-14-8-4-9-15-21/h3-17H,18-19H2,1-2H3. The Labute approximate surface area is 168 Å². The summed E-state index contributed by atoms with van der Waals surface area (Å²) in [6.45, 7) is 5.69. The highest BCUT2D eigenvalue weighted by molar-refractivity contribution is 6.71. The van der Waals surface area contributed by atoms with E-state index < -0.39 is 7.12 Å². The minimum Gasteiger partial charge on any atom is -0.407 e. The Morgan fingerprint density at radius 1 is 0.643 bits per heavy atom. The number of rotatable bonds is 4. The maximum absolute atomic E-state index is 6.25. The van der Waals surface area contributed by atoms with E-state index in [0.717, 1.165) is 27.7 Å². The van der Waals surface area contributed by atoms with Gasteiger partial charge < -0.3 is 9.31 Å². The zero-order chi connectivity index (χ0) is 19.4. The van der Waals surface area contributed by atoms with Crippen LogP contribution < -0.4 is 0 Å². The van der Waals surface area contributed by atoms with Crippen LogP contribution in [0.5, 0.6) is 0 Å². The van der Waals surface area contributed by atoms with E-state index in [9.17, 15) is 0 Å². The van der Waals surface area contributed by atoms with Gasteiger partial charge in [0.2, 0.25) is 0 Å². The molecule has 1 saturated heterocycles. The molecule has 3 aromatic rings. The summed E-state index contributed by atoms with van der Waals surface area (Å²) in [6.07, 6.45) is 0. The highest BCUT2D eigenvalue weighted by atomic mass is 16.6. The van der Waals surface area contributed by atoms with Crippen LogP contribution in [-0.2, 0) is 9.31 Å². The van der Waals surface area contributed by atoms with Crippen LogP contribution in [0.2, 0.25) is 0 Å². The van der Waals surface area contributed by atoms with Crippen molar-refractivity contribution in [1.82, 2.24) is 0 Å². The van der Waals surface area contributed by atoms with Gasteiger partial charge in [-0.3, -0.25) is 0 Å². The van der Waals surface area contributed by atoms with Crippen LogP contribution in [-0.4, -0.2) is 20.3 Å². The second kappa shape index (κ2) is 8.18. The zero-order valence-electron chi connectivity index (χ0n) is 16.5. The Bertz CT molecular complexity index is 883. The van der Waals surface area contributed by atoms with Crippen molar-refractivity contribution in [2.75, 3.05) is 13.2 Å². The molecule has 1 aliphatic rings. The summed E-state index contributed by atoms with van der Waals surface area (Å²) in [7, 11) is -0.397. The fourth-order valence-electron chi connectivity index (χ4n) is 3.56. The third-order valence-electron chi connectivity index (χ3n) is 4.97. The molecule has 0 bridgehead atoms. The van der Waals surface area contributed by atoms with Crippen molar-refractivity contribution in [1.29, 1.82) is 0 Å². The molecular formula is C25H25BO2. The van der Waals surface area contributed by atoms with Crippen molar-refractivity contribution in [2.24, 2.45) is 5.41 Å². The number of hydrogen-bond acceptors (Lipinski definition) is 2. The van der Waals surface area contributed by atoms with Gasteiger partial charge in [-0.2, -0.15) is 0 Å². The monoisotopic (exact) mass is 368 g/mol. The molecular weight excluding hydrogens is 343 g/mol. The Morgan fingerprint density at radius 3 is 1.46 bits per heavy atom. The minimum atomic E-state index is -0.397. The summed E-state index contributed by atoms with van der Waals surface area (Å²) in [5.74, 6) is 0. The number of benzene rings is 3. The Kier molecular flexibility index (Phi) is 5.47. The zero-order valence-corrected chi connectivity index (χ0v) is 16.5. The van der Waals surface area contributed by atoms with E-state index in [1.807, 2.05) is 18.2 Å². The molecule has 0 spiro atoms. The van der Waals surface area contributed by atoms with E-state index in [1.54, 1.807) is 0 Å². The maximum Gasteiger partial charge on any atom is 0.495 e. The van der Waals surface area contributed by atoms with Gasteiger partial charge in [0.25, 0.3) is 0 Å². The van der Waals surface area contributed by atoms with Crippen LogP contribution in [0.15, 0.2) is 91.0 Å². The van der Waals surface area contributed by atoms with Gasteiger partial charge >= 0.3 is 7.12 Å². The molecule has 0 atom stereocenters. The van der Waals surface area contributed by atoms with E-state index in [0.29, 0.717) is 13.2 Å². The van der Waals surface area contributed by atoms with Gasteiger partial charge in [-0.1, -0.05) is 105 Å². The average Bonchev–Trinajstić information content (AvgIpc) is 2.74. The fourth-order valence-corrected chi connectivity index (χ4v) is 3.56. The predicted octanol–water partition coefficient (Wildman–Crippen LogP) is 5.75.